The lowest BCUT2D eigenvalue weighted by molar-refractivity contribution is -0.0612. The number of hydrogen-bond donors (Lipinski definition) is 2. The zero-order valence-electron chi connectivity index (χ0n) is 7.38. The highest BCUT2D eigenvalue weighted by atomic mass is 16.3. The Balaban J connectivity index is 2.40. The van der Waals surface area contributed by atoms with E-state index in [2.05, 4.69) is 13.8 Å². The maximum Gasteiger partial charge on any atom is 0.0464 e. The molecule has 0 spiro atoms. The molecule has 2 N–H and O–H groups in total. The Morgan fingerprint density at radius 1 is 1.27 bits per heavy atom. The van der Waals surface area contributed by atoms with Gasteiger partial charge in [0.05, 0.1) is 0 Å². The lowest BCUT2D eigenvalue weighted by Crippen LogP contribution is -2.46. The van der Waals surface area contributed by atoms with Crippen LogP contribution in [-0.2, 0) is 0 Å². The third-order valence-corrected chi connectivity index (χ3v) is 3.37. The molecule has 0 bridgehead atoms. The summed E-state index contributed by atoms with van der Waals surface area (Å²) in [5, 5.41) is 17.7. The highest BCUT2D eigenvalue weighted by Gasteiger charge is 2.46. The second-order valence-electron chi connectivity index (χ2n) is 4.15. The molecule has 1 aliphatic carbocycles. The number of aliphatic hydroxyl groups is 2. The van der Waals surface area contributed by atoms with Gasteiger partial charge in [0.2, 0.25) is 0 Å². The van der Waals surface area contributed by atoms with Crippen molar-refractivity contribution in [2.75, 3.05) is 13.2 Å². The van der Waals surface area contributed by atoms with Crippen molar-refractivity contribution >= 4 is 0 Å². The van der Waals surface area contributed by atoms with Gasteiger partial charge >= 0.3 is 0 Å². The van der Waals surface area contributed by atoms with Crippen molar-refractivity contribution < 1.29 is 10.2 Å². The summed E-state index contributed by atoms with van der Waals surface area (Å²) in [7, 11) is 0. The normalized spacial score (nSPS) is 34.9. The Hall–Kier alpha value is -0.0800. The van der Waals surface area contributed by atoms with E-state index in [0.29, 0.717) is 18.4 Å². The summed E-state index contributed by atoms with van der Waals surface area (Å²) in [4.78, 5) is 0. The molecule has 2 atom stereocenters. The van der Waals surface area contributed by atoms with E-state index in [1.54, 1.807) is 0 Å². The first kappa shape index (κ1) is 9.01. The van der Waals surface area contributed by atoms with E-state index in [-0.39, 0.29) is 12.0 Å². The van der Waals surface area contributed by atoms with Crippen molar-refractivity contribution in [3.63, 3.8) is 0 Å². The van der Waals surface area contributed by atoms with E-state index in [9.17, 15) is 0 Å². The molecule has 0 unspecified atom stereocenters. The lowest BCUT2D eigenvalue weighted by Gasteiger charge is -2.51. The van der Waals surface area contributed by atoms with E-state index in [1.165, 1.54) is 0 Å². The predicted molar refractivity (Wildman–Crippen MR) is 44.2 cm³/mol. The average molecular weight is 158 g/mol. The van der Waals surface area contributed by atoms with E-state index in [0.717, 1.165) is 12.8 Å². The second-order valence-corrected chi connectivity index (χ2v) is 4.15. The molecular weight excluding hydrogens is 140 g/mol. The number of rotatable bonds is 3. The summed E-state index contributed by atoms with van der Waals surface area (Å²) in [6, 6.07) is 0. The van der Waals surface area contributed by atoms with Gasteiger partial charge in [0.15, 0.2) is 0 Å². The fraction of sp³-hybridized carbons (Fsp3) is 1.00. The summed E-state index contributed by atoms with van der Waals surface area (Å²) in [6.45, 7) is 4.94. The van der Waals surface area contributed by atoms with Gasteiger partial charge < -0.3 is 10.2 Å². The molecule has 0 amide bonds. The molecule has 1 aliphatic rings. The zero-order chi connectivity index (χ0) is 8.48. The molecule has 1 saturated carbocycles. The summed E-state index contributed by atoms with van der Waals surface area (Å²) < 4.78 is 0. The second kappa shape index (κ2) is 3.11. The van der Waals surface area contributed by atoms with Crippen LogP contribution in [0.3, 0.4) is 0 Å². The van der Waals surface area contributed by atoms with Crippen LogP contribution in [0.15, 0.2) is 0 Å². The molecule has 2 nitrogen and oxygen atoms in total. The minimum absolute atomic E-state index is 0.247. The van der Waals surface area contributed by atoms with Gasteiger partial charge in [-0.2, -0.15) is 0 Å². The third-order valence-electron chi connectivity index (χ3n) is 3.37. The SMILES string of the molecule is CC1(C)[C@H](CO)C[C@@H]1CCO. The van der Waals surface area contributed by atoms with Gasteiger partial charge in [-0.3, -0.25) is 0 Å². The quantitative estimate of drug-likeness (QED) is 0.644. The third kappa shape index (κ3) is 1.42. The van der Waals surface area contributed by atoms with Crippen LogP contribution in [0.25, 0.3) is 0 Å². The monoisotopic (exact) mass is 158 g/mol. The molecule has 0 aromatic heterocycles. The minimum Gasteiger partial charge on any atom is -0.396 e. The fourth-order valence-electron chi connectivity index (χ4n) is 2.08. The van der Waals surface area contributed by atoms with Crippen LogP contribution in [0.1, 0.15) is 26.7 Å². The van der Waals surface area contributed by atoms with Crippen LogP contribution >= 0.6 is 0 Å². The van der Waals surface area contributed by atoms with E-state index in [1.807, 2.05) is 0 Å². The first-order valence-corrected chi connectivity index (χ1v) is 4.34. The molecule has 0 radical (unpaired) electrons. The lowest BCUT2D eigenvalue weighted by atomic mass is 9.54. The average Bonchev–Trinajstić information content (AvgIpc) is 1.97. The van der Waals surface area contributed by atoms with Crippen molar-refractivity contribution in [1.82, 2.24) is 0 Å². The van der Waals surface area contributed by atoms with Gasteiger partial charge in [0, 0.05) is 13.2 Å². The van der Waals surface area contributed by atoms with Crippen molar-refractivity contribution in [2.24, 2.45) is 17.3 Å². The Bertz CT molecular complexity index is 132. The van der Waals surface area contributed by atoms with Crippen LogP contribution in [0.4, 0.5) is 0 Å². The summed E-state index contributed by atoms with van der Waals surface area (Å²) in [5.41, 5.74) is 0.247. The van der Waals surface area contributed by atoms with Crippen molar-refractivity contribution in [3.05, 3.63) is 0 Å². The van der Waals surface area contributed by atoms with Gasteiger partial charge in [-0.1, -0.05) is 13.8 Å². The maximum atomic E-state index is 8.95. The molecule has 0 aromatic rings. The number of aliphatic hydroxyl groups excluding tert-OH is 2. The standard InChI is InChI=1S/C9H18O2/c1-9(2)7(3-4-10)5-8(9)6-11/h7-8,10-11H,3-6H2,1-2H3/t7-,8-/m0/s1. The first-order chi connectivity index (χ1) is 5.12. The zero-order valence-corrected chi connectivity index (χ0v) is 7.38. The van der Waals surface area contributed by atoms with Crippen LogP contribution in [0.5, 0.6) is 0 Å². The van der Waals surface area contributed by atoms with Crippen molar-refractivity contribution in [1.29, 1.82) is 0 Å². The topological polar surface area (TPSA) is 40.5 Å². The van der Waals surface area contributed by atoms with Crippen LogP contribution in [0.2, 0.25) is 0 Å². The molecule has 1 fully saturated rings. The van der Waals surface area contributed by atoms with Crippen LogP contribution in [0, 0.1) is 17.3 Å². The van der Waals surface area contributed by atoms with Crippen molar-refractivity contribution in [2.45, 2.75) is 26.7 Å². The molecule has 0 aromatic carbocycles. The first-order valence-electron chi connectivity index (χ1n) is 4.34. The molecule has 1 rings (SSSR count). The molecule has 0 heterocycles. The van der Waals surface area contributed by atoms with E-state index >= 15 is 0 Å². The highest BCUT2D eigenvalue weighted by Crippen LogP contribution is 2.52. The maximum absolute atomic E-state index is 8.95. The van der Waals surface area contributed by atoms with Crippen LogP contribution < -0.4 is 0 Å². The van der Waals surface area contributed by atoms with Crippen molar-refractivity contribution in [3.8, 4) is 0 Å². The summed E-state index contributed by atoms with van der Waals surface area (Å²) in [6.07, 6.45) is 1.98. The predicted octanol–water partition coefficient (Wildman–Crippen LogP) is 1.02. The van der Waals surface area contributed by atoms with Gasteiger partial charge in [-0.05, 0) is 30.1 Å². The van der Waals surface area contributed by atoms with Gasteiger partial charge in [0.25, 0.3) is 0 Å². The van der Waals surface area contributed by atoms with Gasteiger partial charge in [-0.15, -0.1) is 0 Å². The minimum atomic E-state index is 0.247. The molecule has 2 heteroatoms. The Morgan fingerprint density at radius 2 is 1.91 bits per heavy atom. The molecule has 66 valence electrons. The van der Waals surface area contributed by atoms with E-state index in [4.69, 9.17) is 10.2 Å². The Labute approximate surface area is 68.2 Å². The van der Waals surface area contributed by atoms with Crippen LogP contribution in [-0.4, -0.2) is 23.4 Å². The summed E-state index contributed by atoms with van der Waals surface area (Å²) >= 11 is 0. The fourth-order valence-corrected chi connectivity index (χ4v) is 2.08. The Morgan fingerprint density at radius 3 is 2.27 bits per heavy atom. The number of hydrogen-bond acceptors (Lipinski definition) is 2. The van der Waals surface area contributed by atoms with Gasteiger partial charge in [0.1, 0.15) is 0 Å². The largest absolute Gasteiger partial charge is 0.396 e. The molecule has 0 aliphatic heterocycles. The highest BCUT2D eigenvalue weighted by molar-refractivity contribution is 4.95. The van der Waals surface area contributed by atoms with Gasteiger partial charge in [-0.25, -0.2) is 0 Å². The molecule has 0 saturated heterocycles. The smallest absolute Gasteiger partial charge is 0.0464 e. The van der Waals surface area contributed by atoms with E-state index < -0.39 is 0 Å². The Kier molecular flexibility index (Phi) is 2.55. The summed E-state index contributed by atoms with van der Waals surface area (Å²) in [5.74, 6) is 1.07. The molecular formula is C9H18O2. The molecule has 11 heavy (non-hydrogen) atoms.